The molecule has 0 saturated heterocycles. The number of aliphatic imine (C=N–C) groups is 1. The quantitative estimate of drug-likeness (QED) is 0.416. The van der Waals surface area contributed by atoms with E-state index in [2.05, 4.69) is 55.2 Å². The maximum absolute atomic E-state index is 5.90. The van der Waals surface area contributed by atoms with Crippen molar-refractivity contribution in [2.75, 3.05) is 32.0 Å². The third kappa shape index (κ3) is 8.26. The van der Waals surface area contributed by atoms with Gasteiger partial charge in [0, 0.05) is 12.2 Å². The average molecular weight is 404 g/mol. The monoisotopic (exact) mass is 404 g/mol. The number of hydrogen-bond acceptors (Lipinski definition) is 2. The van der Waals surface area contributed by atoms with Crippen molar-refractivity contribution < 1.29 is 0 Å². The minimum atomic E-state index is 0. The lowest BCUT2D eigenvalue weighted by molar-refractivity contribution is 0.337. The van der Waals surface area contributed by atoms with Gasteiger partial charge in [-0.2, -0.15) is 0 Å². The van der Waals surface area contributed by atoms with Gasteiger partial charge in [0.05, 0.1) is 6.54 Å². The van der Waals surface area contributed by atoms with Crippen LogP contribution in [0.4, 0.5) is 5.69 Å². The SMILES string of the molecule is CCCCN(C)CCN=C(N)Nc1ccc(C)c(C)c1.I. The van der Waals surface area contributed by atoms with Crippen molar-refractivity contribution in [1.29, 1.82) is 0 Å². The second-order valence-electron chi connectivity index (χ2n) is 5.35. The predicted octanol–water partition coefficient (Wildman–Crippen LogP) is 3.38. The highest BCUT2D eigenvalue weighted by molar-refractivity contribution is 14.0. The van der Waals surface area contributed by atoms with Gasteiger partial charge in [0.15, 0.2) is 5.96 Å². The standard InChI is InChI=1S/C16H28N4.HI/c1-5-6-10-20(4)11-9-18-16(17)19-15-8-7-13(2)14(3)12-15;/h7-8,12H,5-6,9-11H2,1-4H3,(H3,17,18,19);1H. The molecule has 0 unspecified atom stereocenters. The number of hydrogen-bond donors (Lipinski definition) is 2. The molecule has 1 aromatic carbocycles. The Morgan fingerprint density at radius 2 is 1.95 bits per heavy atom. The van der Waals surface area contributed by atoms with Crippen LogP contribution in [0, 0.1) is 13.8 Å². The van der Waals surface area contributed by atoms with Gasteiger partial charge >= 0.3 is 0 Å². The van der Waals surface area contributed by atoms with E-state index >= 15 is 0 Å². The lowest BCUT2D eigenvalue weighted by Gasteiger charge is -2.14. The predicted molar refractivity (Wildman–Crippen MR) is 104 cm³/mol. The fourth-order valence-electron chi connectivity index (χ4n) is 1.89. The molecular formula is C16H29IN4. The van der Waals surface area contributed by atoms with Crippen LogP contribution in [0.2, 0.25) is 0 Å². The van der Waals surface area contributed by atoms with Crippen molar-refractivity contribution in [2.45, 2.75) is 33.6 Å². The molecule has 0 atom stereocenters. The Balaban J connectivity index is 0.00000400. The molecule has 3 N–H and O–H groups in total. The zero-order valence-electron chi connectivity index (χ0n) is 13.6. The van der Waals surface area contributed by atoms with Gasteiger partial charge in [-0.3, -0.25) is 4.99 Å². The first-order chi connectivity index (χ1) is 9.52. The Morgan fingerprint density at radius 3 is 2.57 bits per heavy atom. The maximum atomic E-state index is 5.90. The first kappa shape index (κ1) is 20.2. The number of anilines is 1. The van der Waals surface area contributed by atoms with E-state index in [1.165, 1.54) is 24.0 Å². The summed E-state index contributed by atoms with van der Waals surface area (Å²) < 4.78 is 0. The van der Waals surface area contributed by atoms with Gasteiger partial charge in [-0.1, -0.05) is 19.4 Å². The van der Waals surface area contributed by atoms with Crippen molar-refractivity contribution in [3.05, 3.63) is 29.3 Å². The van der Waals surface area contributed by atoms with E-state index in [-0.39, 0.29) is 24.0 Å². The highest BCUT2D eigenvalue weighted by Gasteiger charge is 1.99. The van der Waals surface area contributed by atoms with Crippen LogP contribution >= 0.6 is 24.0 Å². The summed E-state index contributed by atoms with van der Waals surface area (Å²) in [6, 6.07) is 6.20. The van der Waals surface area contributed by atoms with E-state index in [1.54, 1.807) is 0 Å². The Kier molecular flexibility index (Phi) is 10.4. The summed E-state index contributed by atoms with van der Waals surface area (Å²) in [6.07, 6.45) is 2.46. The van der Waals surface area contributed by atoms with Crippen LogP contribution in [-0.4, -0.2) is 37.5 Å². The van der Waals surface area contributed by atoms with Crippen LogP contribution in [0.1, 0.15) is 30.9 Å². The van der Waals surface area contributed by atoms with Crippen molar-refractivity contribution in [2.24, 2.45) is 10.7 Å². The van der Waals surface area contributed by atoms with E-state index < -0.39 is 0 Å². The van der Waals surface area contributed by atoms with Crippen LogP contribution in [-0.2, 0) is 0 Å². The number of guanidine groups is 1. The molecule has 1 aromatic rings. The summed E-state index contributed by atoms with van der Waals surface area (Å²) in [5.41, 5.74) is 9.43. The molecule has 0 aliphatic heterocycles. The molecule has 120 valence electrons. The summed E-state index contributed by atoms with van der Waals surface area (Å²) in [5, 5.41) is 3.14. The molecule has 0 aliphatic carbocycles. The normalized spacial score (nSPS) is 11.4. The molecule has 0 saturated carbocycles. The van der Waals surface area contributed by atoms with E-state index in [4.69, 9.17) is 5.73 Å². The molecule has 0 spiro atoms. The summed E-state index contributed by atoms with van der Waals surface area (Å²) in [7, 11) is 2.12. The Labute approximate surface area is 146 Å². The second kappa shape index (κ2) is 10.8. The second-order valence-corrected chi connectivity index (χ2v) is 5.35. The Morgan fingerprint density at radius 1 is 1.24 bits per heavy atom. The molecule has 0 heterocycles. The summed E-state index contributed by atoms with van der Waals surface area (Å²) >= 11 is 0. The first-order valence-corrected chi connectivity index (χ1v) is 7.35. The Hall–Kier alpha value is -0.820. The molecule has 1 rings (SSSR count). The van der Waals surface area contributed by atoms with Gasteiger partial charge in [-0.25, -0.2) is 0 Å². The smallest absolute Gasteiger partial charge is 0.193 e. The third-order valence-corrected chi connectivity index (χ3v) is 3.44. The highest BCUT2D eigenvalue weighted by Crippen LogP contribution is 2.13. The molecule has 0 aromatic heterocycles. The first-order valence-electron chi connectivity index (χ1n) is 7.35. The Bertz CT molecular complexity index is 446. The molecule has 0 bridgehead atoms. The number of nitrogens with one attached hydrogen (secondary N) is 1. The minimum Gasteiger partial charge on any atom is -0.370 e. The van der Waals surface area contributed by atoms with Crippen LogP contribution in [0.3, 0.4) is 0 Å². The molecular weight excluding hydrogens is 375 g/mol. The van der Waals surface area contributed by atoms with Crippen LogP contribution in [0.15, 0.2) is 23.2 Å². The molecule has 4 nitrogen and oxygen atoms in total. The minimum absolute atomic E-state index is 0. The average Bonchev–Trinajstić information content (AvgIpc) is 2.40. The topological polar surface area (TPSA) is 53.6 Å². The summed E-state index contributed by atoms with van der Waals surface area (Å²) in [4.78, 5) is 6.65. The van der Waals surface area contributed by atoms with E-state index in [9.17, 15) is 0 Å². The molecule has 5 heteroatoms. The van der Waals surface area contributed by atoms with Crippen LogP contribution < -0.4 is 11.1 Å². The number of nitrogens with two attached hydrogens (primary N) is 1. The van der Waals surface area contributed by atoms with Gasteiger partial charge in [-0.15, -0.1) is 24.0 Å². The van der Waals surface area contributed by atoms with E-state index in [0.29, 0.717) is 5.96 Å². The third-order valence-electron chi connectivity index (χ3n) is 3.44. The number of halogens is 1. The van der Waals surface area contributed by atoms with Gasteiger partial charge in [0.1, 0.15) is 0 Å². The molecule has 0 amide bonds. The molecule has 0 radical (unpaired) electrons. The van der Waals surface area contributed by atoms with Gasteiger partial charge in [0.25, 0.3) is 0 Å². The van der Waals surface area contributed by atoms with Crippen molar-refractivity contribution >= 4 is 35.6 Å². The maximum Gasteiger partial charge on any atom is 0.193 e. The van der Waals surface area contributed by atoms with E-state index in [1.807, 2.05) is 6.07 Å². The molecule has 0 aliphatic rings. The number of likely N-dealkylation sites (N-methyl/N-ethyl adjacent to an activating group) is 1. The number of nitrogens with zero attached hydrogens (tertiary/aromatic N) is 2. The molecule has 21 heavy (non-hydrogen) atoms. The number of rotatable bonds is 7. The summed E-state index contributed by atoms with van der Waals surface area (Å²) in [6.45, 7) is 9.19. The highest BCUT2D eigenvalue weighted by atomic mass is 127. The zero-order chi connectivity index (χ0) is 15.0. The zero-order valence-corrected chi connectivity index (χ0v) is 16.0. The number of benzene rings is 1. The van der Waals surface area contributed by atoms with Crippen LogP contribution in [0.25, 0.3) is 0 Å². The van der Waals surface area contributed by atoms with Crippen molar-refractivity contribution in [1.82, 2.24) is 4.90 Å². The largest absolute Gasteiger partial charge is 0.370 e. The van der Waals surface area contributed by atoms with Crippen LogP contribution in [0.5, 0.6) is 0 Å². The van der Waals surface area contributed by atoms with Gasteiger partial charge in [0.2, 0.25) is 0 Å². The molecule has 0 fully saturated rings. The van der Waals surface area contributed by atoms with E-state index in [0.717, 1.165) is 25.3 Å². The summed E-state index contributed by atoms with van der Waals surface area (Å²) in [5.74, 6) is 0.483. The fourth-order valence-corrected chi connectivity index (χ4v) is 1.89. The van der Waals surface area contributed by atoms with Crippen molar-refractivity contribution in [3.8, 4) is 0 Å². The van der Waals surface area contributed by atoms with Gasteiger partial charge < -0.3 is 16.0 Å². The van der Waals surface area contributed by atoms with Crippen molar-refractivity contribution in [3.63, 3.8) is 0 Å². The lowest BCUT2D eigenvalue weighted by atomic mass is 10.1. The number of unbranched alkanes of at least 4 members (excludes halogenated alkanes) is 1. The lowest BCUT2D eigenvalue weighted by Crippen LogP contribution is -2.26. The fraction of sp³-hybridized carbons (Fsp3) is 0.562. The number of aryl methyl sites for hydroxylation is 2. The van der Waals surface area contributed by atoms with Gasteiger partial charge in [-0.05, 0) is 57.1 Å².